The Labute approximate surface area is 99.8 Å². The van der Waals surface area contributed by atoms with Gasteiger partial charge in [-0.3, -0.25) is 4.79 Å². The van der Waals surface area contributed by atoms with Gasteiger partial charge in [-0.15, -0.1) is 0 Å². The van der Waals surface area contributed by atoms with Crippen LogP contribution in [0.15, 0.2) is 6.20 Å². The molecule has 0 saturated carbocycles. The third kappa shape index (κ3) is 3.19. The van der Waals surface area contributed by atoms with Gasteiger partial charge in [0.1, 0.15) is 4.88 Å². The van der Waals surface area contributed by atoms with Gasteiger partial charge in [0, 0.05) is 6.92 Å². The Morgan fingerprint density at radius 1 is 1.59 bits per heavy atom. The largest absolute Gasteiger partial charge is 0.461 e. The van der Waals surface area contributed by atoms with Gasteiger partial charge in [0.05, 0.1) is 12.8 Å². The Bertz CT molecular complexity index is 434. The fourth-order valence-electron chi connectivity index (χ4n) is 0.950. The number of amides is 1. The van der Waals surface area contributed by atoms with E-state index >= 15 is 0 Å². The molecule has 0 radical (unpaired) electrons. The number of anilines is 1. The highest BCUT2D eigenvalue weighted by atomic mass is 32.1. The summed E-state index contributed by atoms with van der Waals surface area (Å²) < 4.78 is 31.2. The number of ether oxygens (including phenoxy) is 1. The fraction of sp³-hybridized carbons (Fsp3) is 0.444. The number of carbonyl (C=O) groups is 2. The van der Waals surface area contributed by atoms with Crippen LogP contribution in [0.25, 0.3) is 0 Å². The van der Waals surface area contributed by atoms with Gasteiger partial charge >= 0.3 is 11.9 Å². The molecule has 0 saturated heterocycles. The van der Waals surface area contributed by atoms with Crippen LogP contribution in [0.2, 0.25) is 0 Å². The monoisotopic (exact) mass is 264 g/mol. The molecule has 0 aromatic carbocycles. The number of halogens is 2. The zero-order valence-electron chi connectivity index (χ0n) is 9.12. The lowest BCUT2D eigenvalue weighted by Crippen LogP contribution is -2.27. The molecular weight excluding hydrogens is 254 g/mol. The molecule has 1 rings (SSSR count). The lowest BCUT2D eigenvalue weighted by atomic mass is 10.3. The Morgan fingerprint density at radius 2 is 2.24 bits per heavy atom. The highest BCUT2D eigenvalue weighted by Gasteiger charge is 2.44. The van der Waals surface area contributed by atoms with Crippen molar-refractivity contribution in [3.63, 3.8) is 0 Å². The average Bonchev–Trinajstić information content (AvgIpc) is 2.66. The molecule has 0 fully saturated rings. The maximum Gasteiger partial charge on any atom is 0.382 e. The first-order valence-corrected chi connectivity index (χ1v) is 5.48. The number of aromatic nitrogens is 1. The Balaban J connectivity index is 2.88. The van der Waals surface area contributed by atoms with Crippen molar-refractivity contribution in [2.75, 3.05) is 11.9 Å². The van der Waals surface area contributed by atoms with E-state index in [0.717, 1.165) is 6.20 Å². The second-order valence-corrected chi connectivity index (χ2v) is 4.04. The molecular formula is C9H10F2N2O3S. The lowest BCUT2D eigenvalue weighted by Gasteiger charge is -2.11. The minimum atomic E-state index is -3.75. The number of hydrogen-bond acceptors (Lipinski definition) is 5. The maximum atomic E-state index is 13.5. The smallest absolute Gasteiger partial charge is 0.382 e. The number of nitrogens with zero attached hydrogens (tertiary/aromatic N) is 1. The Hall–Kier alpha value is -1.57. The second kappa shape index (κ2) is 5.17. The molecule has 0 bridgehead atoms. The van der Waals surface area contributed by atoms with Crippen LogP contribution in [-0.2, 0) is 20.2 Å². The van der Waals surface area contributed by atoms with Crippen LogP contribution in [0, 0.1) is 0 Å². The molecule has 0 spiro atoms. The summed E-state index contributed by atoms with van der Waals surface area (Å²) in [6, 6.07) is 0. The number of hydrogen-bond donors (Lipinski definition) is 1. The van der Waals surface area contributed by atoms with Gasteiger partial charge in [0.25, 0.3) is 0 Å². The van der Waals surface area contributed by atoms with Crippen LogP contribution in [-0.4, -0.2) is 23.5 Å². The van der Waals surface area contributed by atoms with Crippen molar-refractivity contribution in [3.8, 4) is 0 Å². The van der Waals surface area contributed by atoms with Gasteiger partial charge in [0.15, 0.2) is 5.13 Å². The molecule has 0 aliphatic carbocycles. The van der Waals surface area contributed by atoms with E-state index < -0.39 is 22.7 Å². The summed E-state index contributed by atoms with van der Waals surface area (Å²) >= 11 is 0.528. The summed E-state index contributed by atoms with van der Waals surface area (Å²) in [5, 5.41) is 2.26. The first kappa shape index (κ1) is 13.5. The maximum absolute atomic E-state index is 13.5. The van der Waals surface area contributed by atoms with Crippen molar-refractivity contribution in [3.05, 3.63) is 11.1 Å². The third-order valence-corrected chi connectivity index (χ3v) is 2.61. The molecule has 1 amide bonds. The number of nitrogens with one attached hydrogen (secondary N) is 1. The van der Waals surface area contributed by atoms with Crippen LogP contribution in [0.3, 0.4) is 0 Å². The zero-order valence-corrected chi connectivity index (χ0v) is 9.94. The number of esters is 1. The average molecular weight is 264 g/mol. The van der Waals surface area contributed by atoms with Crippen LogP contribution < -0.4 is 5.32 Å². The molecule has 0 unspecified atom stereocenters. The van der Waals surface area contributed by atoms with E-state index in [9.17, 15) is 18.4 Å². The molecule has 17 heavy (non-hydrogen) atoms. The van der Waals surface area contributed by atoms with E-state index in [4.69, 9.17) is 0 Å². The summed E-state index contributed by atoms with van der Waals surface area (Å²) in [5.41, 5.74) is 0. The third-order valence-electron chi connectivity index (χ3n) is 1.63. The van der Waals surface area contributed by atoms with Gasteiger partial charge in [-0.05, 0) is 6.92 Å². The van der Waals surface area contributed by atoms with Crippen molar-refractivity contribution in [2.45, 2.75) is 19.8 Å². The molecule has 8 heteroatoms. The first-order chi connectivity index (χ1) is 7.87. The van der Waals surface area contributed by atoms with Crippen molar-refractivity contribution in [1.82, 2.24) is 4.98 Å². The molecule has 0 atom stereocenters. The molecule has 1 aromatic heterocycles. The summed E-state index contributed by atoms with van der Waals surface area (Å²) in [4.78, 5) is 24.7. The second-order valence-electron chi connectivity index (χ2n) is 3.01. The van der Waals surface area contributed by atoms with E-state index in [-0.39, 0.29) is 11.7 Å². The minimum absolute atomic E-state index is 0.0106. The SMILES string of the molecule is CCOC(=O)C(F)(F)c1cnc(NC(C)=O)s1. The van der Waals surface area contributed by atoms with E-state index in [1.807, 2.05) is 0 Å². The van der Waals surface area contributed by atoms with Crippen LogP contribution >= 0.6 is 11.3 Å². The number of thiazole rings is 1. The van der Waals surface area contributed by atoms with E-state index in [1.54, 1.807) is 0 Å². The van der Waals surface area contributed by atoms with E-state index in [1.165, 1.54) is 13.8 Å². The molecule has 1 heterocycles. The zero-order chi connectivity index (χ0) is 13.1. The number of carbonyl (C=O) groups excluding carboxylic acids is 2. The molecule has 94 valence electrons. The van der Waals surface area contributed by atoms with Gasteiger partial charge in [-0.25, -0.2) is 9.78 Å². The minimum Gasteiger partial charge on any atom is -0.461 e. The lowest BCUT2D eigenvalue weighted by molar-refractivity contribution is -0.172. The topological polar surface area (TPSA) is 68.3 Å². The van der Waals surface area contributed by atoms with E-state index in [0.29, 0.717) is 11.3 Å². The highest BCUT2D eigenvalue weighted by Crippen LogP contribution is 2.35. The number of rotatable bonds is 4. The summed E-state index contributed by atoms with van der Waals surface area (Å²) in [6.45, 7) is 2.53. The fourth-order valence-corrected chi connectivity index (χ4v) is 1.78. The van der Waals surface area contributed by atoms with Crippen molar-refractivity contribution in [1.29, 1.82) is 0 Å². The predicted molar refractivity (Wildman–Crippen MR) is 56.9 cm³/mol. The quantitative estimate of drug-likeness (QED) is 0.841. The Morgan fingerprint density at radius 3 is 2.76 bits per heavy atom. The van der Waals surface area contributed by atoms with Crippen molar-refractivity contribution in [2.24, 2.45) is 0 Å². The highest BCUT2D eigenvalue weighted by molar-refractivity contribution is 7.16. The first-order valence-electron chi connectivity index (χ1n) is 4.66. The number of alkyl halides is 2. The summed E-state index contributed by atoms with van der Waals surface area (Å²) in [5.74, 6) is -5.80. The van der Waals surface area contributed by atoms with Crippen LogP contribution in [0.4, 0.5) is 13.9 Å². The summed E-state index contributed by atoms with van der Waals surface area (Å²) in [7, 11) is 0. The van der Waals surface area contributed by atoms with Gasteiger partial charge < -0.3 is 10.1 Å². The molecule has 5 nitrogen and oxygen atoms in total. The van der Waals surface area contributed by atoms with Gasteiger partial charge in [0.2, 0.25) is 5.91 Å². The standard InChI is InChI=1S/C9H10F2N2O3S/c1-3-16-7(15)9(10,11)6-4-12-8(17-6)13-5(2)14/h4H,3H2,1-2H3,(H,12,13,14). The predicted octanol–water partition coefficient (Wildman–Crippen LogP) is 1.76. The van der Waals surface area contributed by atoms with Gasteiger partial charge in [-0.1, -0.05) is 11.3 Å². The molecule has 0 aliphatic rings. The normalized spacial score (nSPS) is 11.1. The summed E-state index contributed by atoms with van der Waals surface area (Å²) in [6.07, 6.45) is 0.840. The van der Waals surface area contributed by atoms with E-state index in [2.05, 4.69) is 15.0 Å². The van der Waals surface area contributed by atoms with Gasteiger partial charge in [-0.2, -0.15) is 8.78 Å². The van der Waals surface area contributed by atoms with Crippen LogP contribution in [0.5, 0.6) is 0 Å². The molecule has 1 N–H and O–H groups in total. The van der Waals surface area contributed by atoms with Crippen LogP contribution in [0.1, 0.15) is 18.7 Å². The van der Waals surface area contributed by atoms with Crippen molar-refractivity contribution < 1.29 is 23.1 Å². The molecule has 1 aromatic rings. The van der Waals surface area contributed by atoms with Crippen molar-refractivity contribution >= 4 is 28.3 Å². The molecule has 0 aliphatic heterocycles. The Kier molecular flexibility index (Phi) is 4.11.